The summed E-state index contributed by atoms with van der Waals surface area (Å²) >= 11 is 2.92. The van der Waals surface area contributed by atoms with E-state index in [2.05, 4.69) is 45.3 Å². The first-order valence-corrected chi connectivity index (χ1v) is 8.78. The van der Waals surface area contributed by atoms with Crippen LogP contribution in [0.4, 0.5) is 5.13 Å². The SMILES string of the molecule is CCn1cc(SCC(=O)Nc2nnc(C)s2)c2ccccc21. The summed E-state index contributed by atoms with van der Waals surface area (Å²) in [6.07, 6.45) is 2.11. The van der Waals surface area contributed by atoms with Crippen molar-refractivity contribution in [1.29, 1.82) is 0 Å². The van der Waals surface area contributed by atoms with Crippen LogP contribution in [0.2, 0.25) is 0 Å². The Morgan fingerprint density at radius 2 is 2.18 bits per heavy atom. The van der Waals surface area contributed by atoms with Crippen molar-refractivity contribution < 1.29 is 4.79 Å². The highest BCUT2D eigenvalue weighted by Crippen LogP contribution is 2.30. The predicted octanol–water partition coefficient (Wildman–Crippen LogP) is 3.55. The van der Waals surface area contributed by atoms with Crippen LogP contribution in [0.1, 0.15) is 11.9 Å². The van der Waals surface area contributed by atoms with E-state index in [1.54, 1.807) is 11.8 Å². The van der Waals surface area contributed by atoms with Gasteiger partial charge < -0.3 is 4.57 Å². The number of thioether (sulfide) groups is 1. The first-order chi connectivity index (χ1) is 10.7. The molecule has 1 N–H and O–H groups in total. The Kier molecular flexibility index (Phi) is 4.44. The third-order valence-corrected chi connectivity index (χ3v) is 5.02. The Bertz CT molecular complexity index is 809. The van der Waals surface area contributed by atoms with Gasteiger partial charge in [0.2, 0.25) is 11.0 Å². The molecular formula is C15H16N4OS2. The number of carbonyl (C=O) groups is 1. The van der Waals surface area contributed by atoms with Crippen molar-refractivity contribution in [2.45, 2.75) is 25.3 Å². The molecule has 0 aliphatic rings. The lowest BCUT2D eigenvalue weighted by molar-refractivity contribution is -0.113. The Morgan fingerprint density at radius 1 is 1.36 bits per heavy atom. The van der Waals surface area contributed by atoms with Crippen LogP contribution >= 0.6 is 23.1 Å². The highest BCUT2D eigenvalue weighted by Gasteiger charge is 2.11. The fraction of sp³-hybridized carbons (Fsp3) is 0.267. The zero-order chi connectivity index (χ0) is 15.5. The fourth-order valence-corrected chi connectivity index (χ4v) is 3.73. The van der Waals surface area contributed by atoms with Gasteiger partial charge in [-0.05, 0) is 19.9 Å². The van der Waals surface area contributed by atoms with Gasteiger partial charge in [-0.2, -0.15) is 0 Å². The van der Waals surface area contributed by atoms with Gasteiger partial charge in [-0.25, -0.2) is 0 Å². The highest BCUT2D eigenvalue weighted by molar-refractivity contribution is 8.00. The van der Waals surface area contributed by atoms with Gasteiger partial charge in [-0.15, -0.1) is 22.0 Å². The number of carbonyl (C=O) groups excluding carboxylic acids is 1. The molecule has 0 radical (unpaired) electrons. The molecule has 0 bridgehead atoms. The number of nitrogens with one attached hydrogen (secondary N) is 1. The molecule has 3 aromatic rings. The first-order valence-electron chi connectivity index (χ1n) is 6.98. The van der Waals surface area contributed by atoms with E-state index in [1.165, 1.54) is 22.2 Å². The van der Waals surface area contributed by atoms with Gasteiger partial charge in [-0.1, -0.05) is 29.5 Å². The second-order valence-electron chi connectivity index (χ2n) is 4.76. The molecular weight excluding hydrogens is 316 g/mol. The number of nitrogens with zero attached hydrogens (tertiary/aromatic N) is 3. The number of benzene rings is 1. The second-order valence-corrected chi connectivity index (χ2v) is 6.96. The number of amides is 1. The lowest BCUT2D eigenvalue weighted by Crippen LogP contribution is -2.13. The van der Waals surface area contributed by atoms with Gasteiger partial charge in [0, 0.05) is 28.5 Å². The number of aryl methyl sites for hydroxylation is 2. The summed E-state index contributed by atoms with van der Waals surface area (Å²) < 4.78 is 2.20. The molecule has 1 amide bonds. The number of para-hydroxylation sites is 1. The molecule has 3 rings (SSSR count). The maximum Gasteiger partial charge on any atom is 0.236 e. The number of anilines is 1. The van der Waals surface area contributed by atoms with Crippen LogP contribution in [0.3, 0.4) is 0 Å². The van der Waals surface area contributed by atoms with Crippen LogP contribution in [0.15, 0.2) is 35.4 Å². The van der Waals surface area contributed by atoms with Crippen LogP contribution in [0, 0.1) is 6.92 Å². The van der Waals surface area contributed by atoms with Crippen molar-refractivity contribution in [2.75, 3.05) is 11.1 Å². The summed E-state index contributed by atoms with van der Waals surface area (Å²) in [7, 11) is 0. The molecule has 22 heavy (non-hydrogen) atoms. The third-order valence-electron chi connectivity index (χ3n) is 3.22. The van der Waals surface area contributed by atoms with Gasteiger partial charge in [0.25, 0.3) is 0 Å². The van der Waals surface area contributed by atoms with Crippen molar-refractivity contribution in [3.8, 4) is 0 Å². The molecule has 114 valence electrons. The zero-order valence-electron chi connectivity index (χ0n) is 12.4. The molecule has 1 aromatic carbocycles. The molecule has 0 spiro atoms. The molecule has 0 unspecified atom stereocenters. The lowest BCUT2D eigenvalue weighted by Gasteiger charge is -2.00. The summed E-state index contributed by atoms with van der Waals surface area (Å²) in [5, 5.41) is 13.2. The Hall–Kier alpha value is -1.86. The zero-order valence-corrected chi connectivity index (χ0v) is 14.0. The molecule has 2 heterocycles. The fourth-order valence-electron chi connectivity index (χ4n) is 2.24. The Labute approximate surface area is 136 Å². The minimum Gasteiger partial charge on any atom is -0.347 e. The van der Waals surface area contributed by atoms with Gasteiger partial charge in [0.1, 0.15) is 5.01 Å². The number of rotatable bonds is 5. The molecule has 7 heteroatoms. The van der Waals surface area contributed by atoms with Crippen LogP contribution in [0.25, 0.3) is 10.9 Å². The summed E-state index contributed by atoms with van der Waals surface area (Å²) in [5.41, 5.74) is 1.20. The van der Waals surface area contributed by atoms with E-state index < -0.39 is 0 Å². The highest BCUT2D eigenvalue weighted by atomic mass is 32.2. The standard InChI is InChI=1S/C15H16N4OS2/c1-3-19-8-13(11-6-4-5-7-12(11)19)21-9-14(20)16-15-18-17-10(2)22-15/h4-8H,3,9H2,1-2H3,(H,16,18,20). The number of aromatic nitrogens is 3. The molecule has 2 aromatic heterocycles. The van der Waals surface area contributed by atoms with E-state index >= 15 is 0 Å². The number of hydrogen-bond acceptors (Lipinski definition) is 5. The summed E-state index contributed by atoms with van der Waals surface area (Å²) in [6.45, 7) is 4.89. The predicted molar refractivity (Wildman–Crippen MR) is 91.6 cm³/mol. The summed E-state index contributed by atoms with van der Waals surface area (Å²) in [6, 6.07) is 8.26. The van der Waals surface area contributed by atoms with Gasteiger partial charge in [-0.3, -0.25) is 10.1 Å². The van der Waals surface area contributed by atoms with Crippen molar-refractivity contribution in [1.82, 2.24) is 14.8 Å². The second kappa shape index (κ2) is 6.50. The average Bonchev–Trinajstić information content (AvgIpc) is 3.09. The quantitative estimate of drug-likeness (QED) is 0.726. The molecule has 0 fully saturated rings. The maximum absolute atomic E-state index is 12.0. The van der Waals surface area contributed by atoms with E-state index in [0.29, 0.717) is 10.9 Å². The molecule has 0 saturated heterocycles. The summed E-state index contributed by atoms with van der Waals surface area (Å²) in [5.74, 6) is 0.297. The third kappa shape index (κ3) is 3.15. The van der Waals surface area contributed by atoms with E-state index in [1.807, 2.05) is 19.1 Å². The van der Waals surface area contributed by atoms with Crippen LogP contribution < -0.4 is 5.32 Å². The molecule has 0 aliphatic heterocycles. The van der Waals surface area contributed by atoms with E-state index in [9.17, 15) is 4.79 Å². The normalized spacial score (nSPS) is 11.0. The van der Waals surface area contributed by atoms with Crippen LogP contribution in [-0.2, 0) is 11.3 Å². The number of hydrogen-bond donors (Lipinski definition) is 1. The average molecular weight is 332 g/mol. The molecule has 0 aliphatic carbocycles. The van der Waals surface area contributed by atoms with Crippen molar-refractivity contribution in [2.24, 2.45) is 0 Å². The Balaban J connectivity index is 1.70. The van der Waals surface area contributed by atoms with E-state index in [4.69, 9.17) is 0 Å². The van der Waals surface area contributed by atoms with Crippen molar-refractivity contribution in [3.05, 3.63) is 35.5 Å². The first kappa shape index (κ1) is 15.1. The van der Waals surface area contributed by atoms with E-state index in [-0.39, 0.29) is 5.91 Å². The molecule has 5 nitrogen and oxygen atoms in total. The van der Waals surface area contributed by atoms with Crippen LogP contribution in [-0.4, -0.2) is 26.4 Å². The Morgan fingerprint density at radius 3 is 2.91 bits per heavy atom. The van der Waals surface area contributed by atoms with E-state index in [0.717, 1.165) is 16.4 Å². The van der Waals surface area contributed by atoms with Gasteiger partial charge in [0.15, 0.2) is 0 Å². The van der Waals surface area contributed by atoms with Crippen molar-refractivity contribution in [3.63, 3.8) is 0 Å². The van der Waals surface area contributed by atoms with Gasteiger partial charge in [0.05, 0.1) is 5.75 Å². The topological polar surface area (TPSA) is 59.8 Å². The summed E-state index contributed by atoms with van der Waals surface area (Å²) in [4.78, 5) is 13.1. The minimum atomic E-state index is -0.0607. The minimum absolute atomic E-state index is 0.0607. The smallest absolute Gasteiger partial charge is 0.236 e. The monoisotopic (exact) mass is 332 g/mol. The van der Waals surface area contributed by atoms with Crippen LogP contribution in [0.5, 0.6) is 0 Å². The lowest BCUT2D eigenvalue weighted by atomic mass is 10.2. The maximum atomic E-state index is 12.0. The largest absolute Gasteiger partial charge is 0.347 e. The number of fused-ring (bicyclic) bond motifs is 1. The van der Waals surface area contributed by atoms with Gasteiger partial charge >= 0.3 is 0 Å². The molecule has 0 atom stereocenters. The van der Waals surface area contributed by atoms with Crippen molar-refractivity contribution >= 4 is 45.0 Å². The molecule has 0 saturated carbocycles.